The number of aliphatic hydroxyl groups excluding tert-OH is 4. The molecule has 0 spiro atoms. The minimum atomic E-state index is -1.58. The Hall–Kier alpha value is -3.06. The summed E-state index contributed by atoms with van der Waals surface area (Å²) < 4.78 is 21.5. The molecule has 3 rings (SSSR count). The molecule has 0 aliphatic carbocycles. The lowest BCUT2D eigenvalue weighted by atomic mass is 9.99. The number of carbonyl (C=O) groups excluding carboxylic acids is 2. The molecule has 11 heteroatoms. The van der Waals surface area contributed by atoms with Gasteiger partial charge in [-0.25, -0.2) is 9.59 Å². The van der Waals surface area contributed by atoms with Gasteiger partial charge in [-0.3, -0.25) is 0 Å². The molecule has 7 atom stereocenters. The lowest BCUT2D eigenvalue weighted by Gasteiger charge is -2.39. The predicted octanol–water partition coefficient (Wildman–Crippen LogP) is -0.0483. The van der Waals surface area contributed by atoms with Crippen LogP contribution in [0.25, 0.3) is 6.08 Å². The number of cyclic esters (lactones) is 1. The van der Waals surface area contributed by atoms with Crippen molar-refractivity contribution in [2.75, 3.05) is 13.2 Å². The summed E-state index contributed by atoms with van der Waals surface area (Å²) in [4.78, 5) is 24.7. The van der Waals surface area contributed by atoms with Gasteiger partial charge in [-0.05, 0) is 42.3 Å². The number of phenols is 1. The number of carbonyl (C=O) groups is 2. The Labute approximate surface area is 207 Å². The maximum atomic E-state index is 12.3. The summed E-state index contributed by atoms with van der Waals surface area (Å²) in [5.41, 5.74) is 1.39. The number of aromatic hydroxyl groups is 1. The van der Waals surface area contributed by atoms with E-state index in [-0.39, 0.29) is 24.4 Å². The fraction of sp³-hybridized carbons (Fsp3) is 0.440. The van der Waals surface area contributed by atoms with Crippen LogP contribution in [0, 0.1) is 0 Å². The highest BCUT2D eigenvalue weighted by Crippen LogP contribution is 2.28. The number of hydrogen-bond acceptors (Lipinski definition) is 11. The predicted molar refractivity (Wildman–Crippen MR) is 124 cm³/mol. The SMILES string of the molecule is C=C(C)[C@H](OC(=O)/C=C/c1ccc(O)cc1)[C@@H]1C/C(=C/CO[C@H]2O[C@@H](CO)[C@H](O)[C@@H](O)[C@@H]2O)C(=O)O1. The summed E-state index contributed by atoms with van der Waals surface area (Å²) in [6.45, 7) is 4.66. The molecule has 2 aliphatic heterocycles. The molecule has 0 bridgehead atoms. The smallest absolute Gasteiger partial charge is 0.334 e. The summed E-state index contributed by atoms with van der Waals surface area (Å²) in [7, 11) is 0. The molecule has 0 aromatic heterocycles. The lowest BCUT2D eigenvalue weighted by Crippen LogP contribution is -2.59. The van der Waals surface area contributed by atoms with Crippen molar-refractivity contribution in [1.29, 1.82) is 0 Å². The maximum absolute atomic E-state index is 12.3. The highest BCUT2D eigenvalue weighted by Gasteiger charge is 2.44. The minimum absolute atomic E-state index is 0.0996. The number of rotatable bonds is 9. The van der Waals surface area contributed by atoms with Gasteiger partial charge in [0, 0.05) is 18.1 Å². The van der Waals surface area contributed by atoms with Gasteiger partial charge in [-0.1, -0.05) is 18.7 Å². The van der Waals surface area contributed by atoms with Gasteiger partial charge in [0.1, 0.15) is 36.3 Å². The zero-order chi connectivity index (χ0) is 26.4. The number of esters is 2. The quantitative estimate of drug-likeness (QED) is 0.173. The molecule has 0 saturated carbocycles. The van der Waals surface area contributed by atoms with Gasteiger partial charge < -0.3 is 44.5 Å². The van der Waals surface area contributed by atoms with E-state index in [0.717, 1.165) is 0 Å². The van der Waals surface area contributed by atoms with Gasteiger partial charge in [-0.2, -0.15) is 0 Å². The van der Waals surface area contributed by atoms with Crippen molar-refractivity contribution in [3.63, 3.8) is 0 Å². The third kappa shape index (κ3) is 6.78. The molecular weight excluding hydrogens is 476 g/mol. The molecule has 1 aromatic rings. The maximum Gasteiger partial charge on any atom is 0.334 e. The van der Waals surface area contributed by atoms with Crippen LogP contribution in [0.1, 0.15) is 18.9 Å². The van der Waals surface area contributed by atoms with Crippen molar-refractivity contribution >= 4 is 18.0 Å². The molecular formula is C25H30O11. The van der Waals surface area contributed by atoms with Crippen LogP contribution in [0.3, 0.4) is 0 Å². The molecule has 0 unspecified atom stereocenters. The Morgan fingerprint density at radius 1 is 1.19 bits per heavy atom. The Kier molecular flexibility index (Phi) is 9.37. The zero-order valence-electron chi connectivity index (χ0n) is 19.6. The summed E-state index contributed by atoms with van der Waals surface area (Å²) in [5.74, 6) is -1.21. The number of aliphatic hydroxyl groups is 4. The van der Waals surface area contributed by atoms with E-state index in [1.807, 2.05) is 0 Å². The first-order valence-electron chi connectivity index (χ1n) is 11.3. The van der Waals surface area contributed by atoms with Gasteiger partial charge in [0.15, 0.2) is 12.4 Å². The summed E-state index contributed by atoms with van der Waals surface area (Å²) in [6.07, 6.45) is -4.58. The fourth-order valence-corrected chi connectivity index (χ4v) is 3.75. The number of phenolic OH excluding ortho intramolecular Hbond substituents is 1. The highest BCUT2D eigenvalue weighted by atomic mass is 16.7. The van der Waals surface area contributed by atoms with E-state index in [1.54, 1.807) is 19.1 Å². The Morgan fingerprint density at radius 2 is 1.89 bits per heavy atom. The largest absolute Gasteiger partial charge is 0.508 e. The average Bonchev–Trinajstić information content (AvgIpc) is 3.21. The van der Waals surface area contributed by atoms with Crippen LogP contribution in [-0.2, 0) is 28.5 Å². The molecule has 36 heavy (non-hydrogen) atoms. The van der Waals surface area contributed by atoms with E-state index in [1.165, 1.54) is 30.4 Å². The number of hydrogen-bond donors (Lipinski definition) is 5. The average molecular weight is 507 g/mol. The van der Waals surface area contributed by atoms with E-state index in [0.29, 0.717) is 11.1 Å². The summed E-state index contributed by atoms with van der Waals surface area (Å²) in [6, 6.07) is 6.21. The molecule has 0 radical (unpaired) electrons. The topological polar surface area (TPSA) is 172 Å². The highest BCUT2D eigenvalue weighted by molar-refractivity contribution is 5.91. The third-order valence-corrected chi connectivity index (χ3v) is 5.75. The monoisotopic (exact) mass is 506 g/mol. The molecule has 11 nitrogen and oxygen atoms in total. The fourth-order valence-electron chi connectivity index (χ4n) is 3.75. The molecule has 2 fully saturated rings. The number of benzene rings is 1. The summed E-state index contributed by atoms with van der Waals surface area (Å²) in [5, 5.41) is 48.2. The Balaban J connectivity index is 1.57. The standard InChI is InChI=1S/C25H30O11/c1-13(2)23(36-19(28)8-5-14-3-6-16(27)7-4-14)17-11-15(24(32)34-17)9-10-33-25-22(31)21(30)20(29)18(12-26)35-25/h3-9,17-18,20-23,25-27,29-31H,1,10-12H2,2H3/b8-5+,15-9-/t17-,18-,20-,21+,22-,23-,25-/m0/s1. The zero-order valence-corrected chi connectivity index (χ0v) is 19.6. The van der Waals surface area contributed by atoms with Crippen molar-refractivity contribution in [3.05, 3.63) is 59.7 Å². The van der Waals surface area contributed by atoms with Crippen LogP contribution in [0.2, 0.25) is 0 Å². The van der Waals surface area contributed by atoms with E-state index < -0.39 is 61.5 Å². The summed E-state index contributed by atoms with van der Waals surface area (Å²) >= 11 is 0. The van der Waals surface area contributed by atoms with Crippen molar-refractivity contribution in [3.8, 4) is 5.75 Å². The van der Waals surface area contributed by atoms with E-state index in [4.69, 9.17) is 18.9 Å². The van der Waals surface area contributed by atoms with Crippen molar-refractivity contribution in [2.45, 2.75) is 56.3 Å². The van der Waals surface area contributed by atoms with Crippen LogP contribution in [-0.4, -0.2) is 93.6 Å². The normalized spacial score (nSPS) is 30.4. The molecule has 1 aromatic carbocycles. The first-order valence-corrected chi connectivity index (χ1v) is 11.3. The van der Waals surface area contributed by atoms with Gasteiger partial charge in [0.05, 0.1) is 13.2 Å². The van der Waals surface area contributed by atoms with Crippen LogP contribution in [0.5, 0.6) is 5.75 Å². The second-order valence-electron chi connectivity index (χ2n) is 8.54. The molecule has 0 amide bonds. The Morgan fingerprint density at radius 3 is 2.53 bits per heavy atom. The van der Waals surface area contributed by atoms with Crippen LogP contribution >= 0.6 is 0 Å². The molecule has 2 aliphatic rings. The van der Waals surface area contributed by atoms with Crippen molar-refractivity contribution < 1.29 is 54.1 Å². The molecule has 5 N–H and O–H groups in total. The van der Waals surface area contributed by atoms with E-state index in [9.17, 15) is 35.1 Å². The first-order chi connectivity index (χ1) is 17.1. The van der Waals surface area contributed by atoms with E-state index >= 15 is 0 Å². The molecule has 196 valence electrons. The third-order valence-electron chi connectivity index (χ3n) is 5.75. The lowest BCUT2D eigenvalue weighted by molar-refractivity contribution is -0.298. The molecule has 2 heterocycles. The van der Waals surface area contributed by atoms with Crippen LogP contribution in [0.4, 0.5) is 0 Å². The second kappa shape index (κ2) is 12.3. The van der Waals surface area contributed by atoms with Crippen LogP contribution < -0.4 is 0 Å². The Bertz CT molecular complexity index is 998. The van der Waals surface area contributed by atoms with Crippen molar-refractivity contribution in [2.24, 2.45) is 0 Å². The van der Waals surface area contributed by atoms with Gasteiger partial charge >= 0.3 is 11.9 Å². The molecule has 2 saturated heterocycles. The minimum Gasteiger partial charge on any atom is -0.508 e. The van der Waals surface area contributed by atoms with Crippen LogP contribution in [0.15, 0.2) is 54.1 Å². The van der Waals surface area contributed by atoms with Crippen molar-refractivity contribution in [1.82, 2.24) is 0 Å². The number of ether oxygens (including phenoxy) is 4. The van der Waals surface area contributed by atoms with E-state index in [2.05, 4.69) is 6.58 Å². The van der Waals surface area contributed by atoms with Gasteiger partial charge in [0.2, 0.25) is 0 Å². The first kappa shape index (κ1) is 27.5. The van der Waals surface area contributed by atoms with Gasteiger partial charge in [0.25, 0.3) is 0 Å². The van der Waals surface area contributed by atoms with Gasteiger partial charge in [-0.15, -0.1) is 0 Å². The second-order valence-corrected chi connectivity index (χ2v) is 8.54.